The Morgan fingerprint density at radius 3 is 2.03 bits per heavy atom. The molecule has 1 unspecified atom stereocenters. The molecule has 0 aliphatic carbocycles. The number of rotatable bonds is 12. The van der Waals surface area contributed by atoms with Gasteiger partial charge in [0.25, 0.3) is 0 Å². The Balaban J connectivity index is 0.00000260. The lowest BCUT2D eigenvalue weighted by Gasteiger charge is -2.18. The van der Waals surface area contributed by atoms with Gasteiger partial charge in [-0.1, -0.05) is 24.3 Å². The van der Waals surface area contributed by atoms with E-state index in [0.717, 1.165) is 5.56 Å². The van der Waals surface area contributed by atoms with Crippen LogP contribution in [0.15, 0.2) is 92.8 Å². The lowest BCUT2D eigenvalue weighted by atomic mass is 10.1. The highest BCUT2D eigenvalue weighted by Gasteiger charge is 2.26. The quantitative estimate of drug-likeness (QED) is 0.177. The number of para-hydroxylation sites is 2. The molecule has 1 aromatic heterocycles. The molecule has 3 aromatic rings. The molecule has 204 valence electrons. The molecular formula is C30H31NO8. The van der Waals surface area contributed by atoms with E-state index in [0.29, 0.717) is 17.9 Å². The topological polar surface area (TPSA) is 110 Å². The third kappa shape index (κ3) is 9.47. The van der Waals surface area contributed by atoms with Crippen LogP contribution in [0.3, 0.4) is 0 Å². The van der Waals surface area contributed by atoms with Gasteiger partial charge in [-0.25, -0.2) is 4.79 Å². The number of esters is 3. The fourth-order valence-electron chi connectivity index (χ4n) is 3.35. The third-order valence-corrected chi connectivity index (χ3v) is 5.08. The van der Waals surface area contributed by atoms with E-state index in [1.165, 1.54) is 32.7 Å². The van der Waals surface area contributed by atoms with Crippen molar-refractivity contribution in [3.8, 4) is 23.0 Å². The zero-order chi connectivity index (χ0) is 28.6. The van der Waals surface area contributed by atoms with Crippen LogP contribution in [0.25, 0.3) is 0 Å². The largest absolute Gasteiger partial charge is 0.493 e. The van der Waals surface area contributed by atoms with Crippen LogP contribution in [0.2, 0.25) is 0 Å². The van der Waals surface area contributed by atoms with Gasteiger partial charge in [-0.05, 0) is 48.4 Å². The molecule has 0 N–H and O–H groups in total. The first-order chi connectivity index (χ1) is 18.9. The number of nitrogens with zero attached hydrogens (tertiary/aromatic N) is 1. The monoisotopic (exact) mass is 533 g/mol. The summed E-state index contributed by atoms with van der Waals surface area (Å²) < 4.78 is 26.8. The zero-order valence-electron chi connectivity index (χ0n) is 22.0. The summed E-state index contributed by atoms with van der Waals surface area (Å²) in [6.45, 7) is 9.70. The number of ether oxygens (including phenoxy) is 5. The minimum atomic E-state index is -1.17. The van der Waals surface area contributed by atoms with Crippen LogP contribution in [-0.2, 0) is 20.7 Å². The second-order valence-electron chi connectivity index (χ2n) is 7.75. The minimum Gasteiger partial charge on any atom is -0.493 e. The summed E-state index contributed by atoms with van der Waals surface area (Å²) in [5.41, 5.74) is 1.09. The standard InChI is InChI=1S/C28H27NO8.C2H4/c1-4-8-19-12-13-24(25(15-19)34-3)37-27(31)17-21(35-28(32)20-9-7-14-29-18-20)16-26(30)36-23-11-6-5-10-22(23)33-2;1-2/h4-7,9-15,18,21H,1,8,16-17H2,2-3H3;1-2H2. The Morgan fingerprint density at radius 2 is 1.46 bits per heavy atom. The average Bonchev–Trinajstić information content (AvgIpc) is 2.95. The van der Waals surface area contributed by atoms with E-state index in [9.17, 15) is 14.4 Å². The van der Waals surface area contributed by atoms with Crippen LogP contribution in [0, 0.1) is 0 Å². The van der Waals surface area contributed by atoms with Crippen molar-refractivity contribution in [3.05, 3.63) is 104 Å². The Labute approximate surface area is 227 Å². The van der Waals surface area contributed by atoms with Gasteiger partial charge in [0.15, 0.2) is 23.0 Å². The van der Waals surface area contributed by atoms with Crippen LogP contribution in [0.5, 0.6) is 23.0 Å². The van der Waals surface area contributed by atoms with Gasteiger partial charge in [0.1, 0.15) is 6.10 Å². The van der Waals surface area contributed by atoms with Gasteiger partial charge in [0.05, 0.1) is 32.6 Å². The van der Waals surface area contributed by atoms with Gasteiger partial charge in [0, 0.05) is 12.4 Å². The summed E-state index contributed by atoms with van der Waals surface area (Å²) in [6, 6.07) is 14.8. The number of carbonyl (C=O) groups excluding carboxylic acids is 3. The van der Waals surface area contributed by atoms with Gasteiger partial charge >= 0.3 is 17.9 Å². The Bertz CT molecular complexity index is 1260. The van der Waals surface area contributed by atoms with E-state index >= 15 is 0 Å². The molecule has 0 aliphatic rings. The molecule has 39 heavy (non-hydrogen) atoms. The Hall–Kier alpha value is -4.92. The van der Waals surface area contributed by atoms with Crippen molar-refractivity contribution in [2.45, 2.75) is 25.4 Å². The molecule has 9 heteroatoms. The van der Waals surface area contributed by atoms with Crippen molar-refractivity contribution in [1.82, 2.24) is 4.98 Å². The first-order valence-corrected chi connectivity index (χ1v) is 11.9. The molecule has 9 nitrogen and oxygen atoms in total. The first-order valence-electron chi connectivity index (χ1n) is 11.9. The zero-order valence-corrected chi connectivity index (χ0v) is 22.0. The number of aromatic nitrogens is 1. The molecule has 2 aromatic carbocycles. The number of carbonyl (C=O) groups is 3. The summed E-state index contributed by atoms with van der Waals surface area (Å²) in [6.07, 6.45) is 3.19. The second-order valence-corrected chi connectivity index (χ2v) is 7.75. The van der Waals surface area contributed by atoms with Crippen molar-refractivity contribution in [2.75, 3.05) is 14.2 Å². The van der Waals surface area contributed by atoms with Gasteiger partial charge in [-0.15, -0.1) is 19.7 Å². The molecule has 1 heterocycles. The molecule has 0 fully saturated rings. The number of benzene rings is 2. The van der Waals surface area contributed by atoms with Crippen LogP contribution in [-0.4, -0.2) is 43.2 Å². The van der Waals surface area contributed by atoms with Gasteiger partial charge < -0.3 is 23.7 Å². The highest BCUT2D eigenvalue weighted by Crippen LogP contribution is 2.29. The summed E-state index contributed by atoms with van der Waals surface area (Å²) >= 11 is 0. The van der Waals surface area contributed by atoms with E-state index in [4.69, 9.17) is 23.7 Å². The summed E-state index contributed by atoms with van der Waals surface area (Å²) in [5, 5.41) is 0. The fourth-order valence-corrected chi connectivity index (χ4v) is 3.35. The van der Waals surface area contributed by atoms with E-state index < -0.39 is 36.9 Å². The van der Waals surface area contributed by atoms with E-state index in [2.05, 4.69) is 24.7 Å². The van der Waals surface area contributed by atoms with Crippen LogP contribution in [0.1, 0.15) is 28.8 Å². The molecule has 0 saturated heterocycles. The molecule has 0 bridgehead atoms. The van der Waals surface area contributed by atoms with Crippen molar-refractivity contribution in [3.63, 3.8) is 0 Å². The maximum absolute atomic E-state index is 12.8. The molecule has 3 rings (SSSR count). The smallest absolute Gasteiger partial charge is 0.340 e. The normalized spacial score (nSPS) is 10.6. The molecule has 1 atom stereocenters. The van der Waals surface area contributed by atoms with Crippen LogP contribution < -0.4 is 18.9 Å². The van der Waals surface area contributed by atoms with E-state index in [1.807, 2.05) is 0 Å². The first kappa shape index (κ1) is 30.3. The molecule has 0 saturated carbocycles. The molecule has 0 amide bonds. The fraction of sp³-hybridized carbons (Fsp3) is 0.200. The summed E-state index contributed by atoms with van der Waals surface area (Å²) in [7, 11) is 2.90. The van der Waals surface area contributed by atoms with Gasteiger partial charge in [-0.2, -0.15) is 0 Å². The maximum Gasteiger partial charge on any atom is 0.340 e. The van der Waals surface area contributed by atoms with E-state index in [1.54, 1.807) is 54.6 Å². The maximum atomic E-state index is 12.8. The molecular weight excluding hydrogens is 502 g/mol. The van der Waals surface area contributed by atoms with Gasteiger partial charge in [0.2, 0.25) is 0 Å². The SMILES string of the molecule is C=C.C=CCc1ccc(OC(=O)CC(CC(=O)Oc2ccccc2OC)OC(=O)c2cccnc2)c(OC)c1. The van der Waals surface area contributed by atoms with Crippen molar-refractivity contribution in [1.29, 1.82) is 0 Å². The highest BCUT2D eigenvalue weighted by molar-refractivity contribution is 5.89. The molecule has 0 aliphatic heterocycles. The Morgan fingerprint density at radius 1 is 0.846 bits per heavy atom. The number of allylic oxidation sites excluding steroid dienone is 1. The average molecular weight is 534 g/mol. The van der Waals surface area contributed by atoms with Crippen molar-refractivity contribution < 1.29 is 38.1 Å². The van der Waals surface area contributed by atoms with Crippen molar-refractivity contribution >= 4 is 17.9 Å². The van der Waals surface area contributed by atoms with Gasteiger partial charge in [-0.3, -0.25) is 14.6 Å². The lowest BCUT2D eigenvalue weighted by Crippen LogP contribution is -2.28. The van der Waals surface area contributed by atoms with Crippen molar-refractivity contribution in [2.24, 2.45) is 0 Å². The number of hydrogen-bond acceptors (Lipinski definition) is 9. The molecule has 0 radical (unpaired) electrons. The number of hydrogen-bond donors (Lipinski definition) is 0. The number of methoxy groups -OCH3 is 2. The summed E-state index contributed by atoms with van der Waals surface area (Å²) in [4.78, 5) is 42.0. The lowest BCUT2D eigenvalue weighted by molar-refractivity contribution is -0.140. The summed E-state index contributed by atoms with van der Waals surface area (Å²) in [5.74, 6) is -1.12. The second kappa shape index (κ2) is 16.0. The van der Waals surface area contributed by atoms with Crippen LogP contribution >= 0.6 is 0 Å². The Kier molecular flexibility index (Phi) is 12.5. The van der Waals surface area contributed by atoms with E-state index in [-0.39, 0.29) is 17.1 Å². The highest BCUT2D eigenvalue weighted by atomic mass is 16.6. The minimum absolute atomic E-state index is 0.165. The molecule has 0 spiro atoms. The van der Waals surface area contributed by atoms with Crippen LogP contribution in [0.4, 0.5) is 0 Å². The predicted molar refractivity (Wildman–Crippen MR) is 145 cm³/mol. The number of pyridine rings is 1. The predicted octanol–water partition coefficient (Wildman–Crippen LogP) is 5.15. The third-order valence-electron chi connectivity index (χ3n) is 5.08.